The molecule has 5 unspecified atom stereocenters. The molecule has 0 fully saturated rings. The van der Waals surface area contributed by atoms with Gasteiger partial charge in [-0.2, -0.15) is 0 Å². The van der Waals surface area contributed by atoms with Gasteiger partial charge in [-0.05, 0) is 76.7 Å². The molecule has 0 aromatic carbocycles. The second kappa shape index (κ2) is 11.2. The zero-order valence-electron chi connectivity index (χ0n) is 15.4. The quantitative estimate of drug-likeness (QED) is 0.623. The number of aliphatic hydroxyl groups excluding tert-OH is 1. The number of hydrogen-bond donors (Lipinski definition) is 2. The molecule has 0 heterocycles. The van der Waals surface area contributed by atoms with Crippen molar-refractivity contribution >= 4 is 0 Å². The maximum absolute atomic E-state index is 10.1. The third kappa shape index (κ3) is 7.78. The fourth-order valence-corrected chi connectivity index (χ4v) is 3.79. The highest BCUT2D eigenvalue weighted by Crippen LogP contribution is 2.24. The van der Waals surface area contributed by atoms with Gasteiger partial charge in [-0.25, -0.2) is 0 Å². The zero-order chi connectivity index (χ0) is 16.4. The van der Waals surface area contributed by atoms with Gasteiger partial charge in [-0.1, -0.05) is 38.8 Å². The van der Waals surface area contributed by atoms with Crippen LogP contribution in [0.1, 0.15) is 79.1 Å². The van der Waals surface area contributed by atoms with Crippen LogP contribution >= 0.6 is 0 Å². The van der Waals surface area contributed by atoms with Crippen molar-refractivity contribution < 1.29 is 5.11 Å². The molecule has 130 valence electrons. The molecule has 2 N–H and O–H groups in total. The number of nitrogens with one attached hydrogen (secondary N) is 1. The molecule has 22 heavy (non-hydrogen) atoms. The van der Waals surface area contributed by atoms with Crippen LogP contribution in [0.3, 0.4) is 0 Å². The van der Waals surface area contributed by atoms with Crippen LogP contribution in [0.4, 0.5) is 0 Å². The fraction of sp³-hybridized carbons (Fsp3) is 0.900. The first-order chi connectivity index (χ1) is 10.5. The molecule has 2 nitrogen and oxygen atoms in total. The maximum atomic E-state index is 10.1. The minimum atomic E-state index is -0.212. The van der Waals surface area contributed by atoms with Crippen LogP contribution in [0.5, 0.6) is 0 Å². The number of hydrogen-bond acceptors (Lipinski definition) is 2. The van der Waals surface area contributed by atoms with E-state index >= 15 is 0 Å². The monoisotopic (exact) mass is 309 g/mol. The topological polar surface area (TPSA) is 32.3 Å². The van der Waals surface area contributed by atoms with Gasteiger partial charge in [-0.15, -0.1) is 0 Å². The first kappa shape index (κ1) is 19.7. The largest absolute Gasteiger partial charge is 0.393 e. The van der Waals surface area contributed by atoms with Gasteiger partial charge >= 0.3 is 0 Å². The van der Waals surface area contributed by atoms with Crippen molar-refractivity contribution in [3.05, 3.63) is 12.2 Å². The lowest BCUT2D eigenvalue weighted by Crippen LogP contribution is -2.41. The third-order valence-electron chi connectivity index (χ3n) is 5.35. The van der Waals surface area contributed by atoms with E-state index in [1.807, 2.05) is 6.92 Å². The molecular formula is C20H39NO. The first-order valence-electron chi connectivity index (χ1n) is 9.61. The molecular weight excluding hydrogens is 270 g/mol. The molecule has 0 aromatic rings. The van der Waals surface area contributed by atoms with E-state index in [1.165, 1.54) is 44.9 Å². The smallest absolute Gasteiger partial charge is 0.0555 e. The summed E-state index contributed by atoms with van der Waals surface area (Å²) >= 11 is 0. The number of rotatable bonds is 8. The van der Waals surface area contributed by atoms with E-state index in [9.17, 15) is 5.11 Å². The normalized spacial score (nSPS) is 29.0. The summed E-state index contributed by atoms with van der Waals surface area (Å²) in [7, 11) is 0. The Morgan fingerprint density at radius 1 is 1.18 bits per heavy atom. The van der Waals surface area contributed by atoms with Crippen LogP contribution in [0, 0.1) is 17.8 Å². The lowest BCUT2D eigenvalue weighted by molar-refractivity contribution is 0.0948. The SMILES string of the molecule is CCCCC(C(C)O)C(C)NCC1CC/C=C\CCC(C)C1. The van der Waals surface area contributed by atoms with Gasteiger partial charge in [0.15, 0.2) is 0 Å². The van der Waals surface area contributed by atoms with Crippen molar-refractivity contribution in [1.82, 2.24) is 5.32 Å². The summed E-state index contributed by atoms with van der Waals surface area (Å²) in [5.74, 6) is 1.99. The number of aliphatic hydroxyl groups is 1. The van der Waals surface area contributed by atoms with Gasteiger partial charge in [0, 0.05) is 6.04 Å². The van der Waals surface area contributed by atoms with Crippen LogP contribution in [0.2, 0.25) is 0 Å². The number of allylic oxidation sites excluding steroid dienone is 2. The van der Waals surface area contributed by atoms with Crippen LogP contribution in [-0.4, -0.2) is 23.8 Å². The maximum Gasteiger partial charge on any atom is 0.0555 e. The Balaban J connectivity index is 2.44. The summed E-state index contributed by atoms with van der Waals surface area (Å²) in [5, 5.41) is 13.8. The minimum Gasteiger partial charge on any atom is -0.393 e. The Kier molecular flexibility index (Phi) is 10.1. The summed E-state index contributed by atoms with van der Waals surface area (Å²) < 4.78 is 0. The molecule has 0 radical (unpaired) electrons. The highest BCUT2D eigenvalue weighted by molar-refractivity contribution is 4.86. The van der Waals surface area contributed by atoms with Crippen LogP contribution in [-0.2, 0) is 0 Å². The predicted octanol–water partition coefficient (Wildman–Crippen LogP) is 4.92. The minimum absolute atomic E-state index is 0.212. The molecule has 0 aromatic heterocycles. The summed E-state index contributed by atoms with van der Waals surface area (Å²) in [4.78, 5) is 0. The van der Waals surface area contributed by atoms with Crippen molar-refractivity contribution in [3.8, 4) is 0 Å². The van der Waals surface area contributed by atoms with E-state index in [1.54, 1.807) is 0 Å². The molecule has 1 aliphatic carbocycles. The molecule has 1 rings (SSSR count). The highest BCUT2D eigenvalue weighted by atomic mass is 16.3. The van der Waals surface area contributed by atoms with Crippen molar-refractivity contribution in [3.63, 3.8) is 0 Å². The standard InChI is InChI=1S/C20H39NO/c1-5-6-13-20(18(4)22)17(3)21-15-19-12-10-8-7-9-11-16(2)14-19/h7-8,16-22H,5-6,9-15H2,1-4H3/b8-7-. The Labute approximate surface area is 138 Å². The van der Waals surface area contributed by atoms with Crippen LogP contribution < -0.4 is 5.32 Å². The lowest BCUT2D eigenvalue weighted by atomic mass is 9.88. The van der Waals surface area contributed by atoms with Crippen molar-refractivity contribution in [2.75, 3.05) is 6.54 Å². The first-order valence-corrected chi connectivity index (χ1v) is 9.61. The Morgan fingerprint density at radius 3 is 2.50 bits per heavy atom. The molecule has 0 spiro atoms. The van der Waals surface area contributed by atoms with Gasteiger partial charge in [0.05, 0.1) is 6.10 Å². The number of unbranched alkanes of at least 4 members (excludes halogenated alkanes) is 1. The molecule has 0 aliphatic heterocycles. The summed E-state index contributed by atoms with van der Waals surface area (Å²) in [6.07, 6.45) is 14.5. The summed E-state index contributed by atoms with van der Waals surface area (Å²) in [6, 6.07) is 0.407. The van der Waals surface area contributed by atoms with E-state index in [2.05, 4.69) is 38.2 Å². The van der Waals surface area contributed by atoms with Gasteiger partial charge < -0.3 is 10.4 Å². The summed E-state index contributed by atoms with van der Waals surface area (Å²) in [5.41, 5.74) is 0. The Bertz CT molecular complexity index is 300. The molecule has 0 saturated heterocycles. The van der Waals surface area contributed by atoms with Crippen molar-refractivity contribution in [2.45, 2.75) is 91.2 Å². The van der Waals surface area contributed by atoms with Gasteiger partial charge in [0.25, 0.3) is 0 Å². The Hall–Kier alpha value is -0.340. The molecule has 1 aliphatic rings. The van der Waals surface area contributed by atoms with E-state index < -0.39 is 0 Å². The fourth-order valence-electron chi connectivity index (χ4n) is 3.79. The average molecular weight is 310 g/mol. The molecule has 0 bridgehead atoms. The van der Waals surface area contributed by atoms with Gasteiger partial charge in [-0.3, -0.25) is 0 Å². The third-order valence-corrected chi connectivity index (χ3v) is 5.35. The van der Waals surface area contributed by atoms with E-state index in [-0.39, 0.29) is 6.10 Å². The molecule has 0 amide bonds. The zero-order valence-corrected chi connectivity index (χ0v) is 15.4. The van der Waals surface area contributed by atoms with Gasteiger partial charge in [0.2, 0.25) is 0 Å². The van der Waals surface area contributed by atoms with E-state index in [0.717, 1.165) is 24.8 Å². The van der Waals surface area contributed by atoms with E-state index in [4.69, 9.17) is 0 Å². The van der Waals surface area contributed by atoms with Gasteiger partial charge in [0.1, 0.15) is 0 Å². The second-order valence-electron chi connectivity index (χ2n) is 7.58. The second-order valence-corrected chi connectivity index (χ2v) is 7.58. The predicted molar refractivity (Wildman–Crippen MR) is 97.0 cm³/mol. The van der Waals surface area contributed by atoms with Crippen molar-refractivity contribution in [1.29, 1.82) is 0 Å². The average Bonchev–Trinajstić information content (AvgIpc) is 2.57. The summed E-state index contributed by atoms with van der Waals surface area (Å²) in [6.45, 7) is 9.94. The Morgan fingerprint density at radius 2 is 1.86 bits per heavy atom. The molecule has 2 heteroatoms. The molecule has 0 saturated carbocycles. The highest BCUT2D eigenvalue weighted by Gasteiger charge is 2.22. The van der Waals surface area contributed by atoms with Crippen LogP contribution in [0.25, 0.3) is 0 Å². The molecule has 5 atom stereocenters. The van der Waals surface area contributed by atoms with Crippen molar-refractivity contribution in [2.24, 2.45) is 17.8 Å². The lowest BCUT2D eigenvalue weighted by Gasteiger charge is -2.30. The van der Waals surface area contributed by atoms with Crippen LogP contribution in [0.15, 0.2) is 12.2 Å². The van der Waals surface area contributed by atoms with E-state index in [0.29, 0.717) is 12.0 Å².